The quantitative estimate of drug-likeness (QED) is 0.422. The number of nitrogens with one attached hydrogen (secondary N) is 3. The summed E-state index contributed by atoms with van der Waals surface area (Å²) in [6, 6.07) is 5.74. The second-order valence-corrected chi connectivity index (χ2v) is 6.77. The van der Waals surface area contributed by atoms with E-state index in [0.717, 1.165) is 6.42 Å². The number of anilines is 1. The van der Waals surface area contributed by atoms with E-state index in [9.17, 15) is 14.4 Å². The third kappa shape index (κ3) is 5.73. The maximum absolute atomic E-state index is 12.8. The molecule has 0 radical (unpaired) electrons. The average Bonchev–Trinajstić information content (AvgIpc) is 2.71. The second-order valence-electron chi connectivity index (χ2n) is 6.77. The van der Waals surface area contributed by atoms with Crippen LogP contribution in [0.4, 0.5) is 15.3 Å². The summed E-state index contributed by atoms with van der Waals surface area (Å²) in [5, 5.41) is 8.27. The van der Waals surface area contributed by atoms with E-state index < -0.39 is 12.0 Å². The normalized spacial score (nSPS) is 16.2. The Kier molecular flexibility index (Phi) is 8.67. The predicted octanol–water partition coefficient (Wildman–Crippen LogP) is 2.77. The predicted molar refractivity (Wildman–Crippen MR) is 113 cm³/mol. The van der Waals surface area contributed by atoms with Gasteiger partial charge in [0.15, 0.2) is 0 Å². The molecule has 0 spiro atoms. The molecule has 1 heterocycles. The van der Waals surface area contributed by atoms with Gasteiger partial charge in [-0.2, -0.15) is 0 Å². The van der Waals surface area contributed by atoms with E-state index in [1.165, 1.54) is 7.11 Å². The highest BCUT2D eigenvalue weighted by atomic mass is 16.6. The van der Waals surface area contributed by atoms with E-state index >= 15 is 0 Å². The minimum absolute atomic E-state index is 0.121. The molecule has 2 rings (SSSR count). The van der Waals surface area contributed by atoms with Gasteiger partial charge in [-0.3, -0.25) is 4.90 Å². The average molecular weight is 418 g/mol. The van der Waals surface area contributed by atoms with E-state index in [2.05, 4.69) is 16.0 Å². The van der Waals surface area contributed by atoms with Gasteiger partial charge in [0.1, 0.15) is 6.61 Å². The van der Waals surface area contributed by atoms with Gasteiger partial charge in [0, 0.05) is 31.6 Å². The molecule has 164 valence electrons. The number of nitrogens with zero attached hydrogens (tertiary/aromatic N) is 1. The summed E-state index contributed by atoms with van der Waals surface area (Å²) in [5.41, 5.74) is 2.25. The van der Waals surface area contributed by atoms with Crippen molar-refractivity contribution >= 4 is 23.7 Å². The lowest BCUT2D eigenvalue weighted by Gasteiger charge is -2.35. The van der Waals surface area contributed by atoms with Crippen LogP contribution in [0, 0.1) is 0 Å². The van der Waals surface area contributed by atoms with Crippen molar-refractivity contribution in [1.82, 2.24) is 15.5 Å². The highest BCUT2D eigenvalue weighted by Crippen LogP contribution is 2.32. The number of amides is 4. The van der Waals surface area contributed by atoms with Crippen LogP contribution in [-0.4, -0.2) is 56.3 Å². The molecular weight excluding hydrogens is 388 g/mol. The SMILES string of the molecule is CCCN1C(=O)NC(c2ccc(NC(=O)NCC)cc2)C(C(=O)OCCOC)=C1C. The van der Waals surface area contributed by atoms with Crippen molar-refractivity contribution in [1.29, 1.82) is 0 Å². The molecule has 1 aliphatic rings. The lowest BCUT2D eigenvalue weighted by Crippen LogP contribution is -2.48. The minimum Gasteiger partial charge on any atom is -0.460 e. The van der Waals surface area contributed by atoms with Crippen LogP contribution in [0.15, 0.2) is 35.5 Å². The Morgan fingerprint density at radius 2 is 1.87 bits per heavy atom. The smallest absolute Gasteiger partial charge is 0.338 e. The number of urea groups is 2. The monoisotopic (exact) mass is 418 g/mol. The summed E-state index contributed by atoms with van der Waals surface area (Å²) in [5.74, 6) is -0.500. The summed E-state index contributed by atoms with van der Waals surface area (Å²) < 4.78 is 10.3. The minimum atomic E-state index is -0.654. The number of methoxy groups -OCH3 is 1. The van der Waals surface area contributed by atoms with Crippen molar-refractivity contribution in [3.8, 4) is 0 Å². The molecule has 0 aliphatic carbocycles. The molecule has 1 aromatic rings. The zero-order valence-electron chi connectivity index (χ0n) is 17.9. The molecule has 0 fully saturated rings. The summed E-state index contributed by atoms with van der Waals surface area (Å²) in [6.45, 7) is 6.96. The molecule has 1 aliphatic heterocycles. The molecule has 1 unspecified atom stereocenters. The van der Waals surface area contributed by atoms with E-state index in [-0.39, 0.29) is 25.3 Å². The number of carbonyl (C=O) groups excluding carboxylic acids is 3. The maximum atomic E-state index is 12.8. The third-order valence-electron chi connectivity index (χ3n) is 4.62. The molecular formula is C21H30N4O5. The number of benzene rings is 1. The van der Waals surface area contributed by atoms with Gasteiger partial charge in [0.25, 0.3) is 0 Å². The van der Waals surface area contributed by atoms with Crippen LogP contribution in [0.3, 0.4) is 0 Å². The molecule has 0 saturated heterocycles. The van der Waals surface area contributed by atoms with Gasteiger partial charge < -0.3 is 25.4 Å². The van der Waals surface area contributed by atoms with E-state index in [1.54, 1.807) is 36.1 Å². The summed E-state index contributed by atoms with van der Waals surface area (Å²) in [6.07, 6.45) is 0.752. The maximum Gasteiger partial charge on any atom is 0.338 e. The number of hydrogen-bond acceptors (Lipinski definition) is 5. The number of ether oxygens (including phenoxy) is 2. The Labute approximate surface area is 176 Å². The van der Waals surface area contributed by atoms with E-state index in [1.807, 2.05) is 13.8 Å². The van der Waals surface area contributed by atoms with Crippen molar-refractivity contribution in [2.24, 2.45) is 0 Å². The molecule has 0 saturated carbocycles. The Morgan fingerprint density at radius 1 is 1.17 bits per heavy atom. The van der Waals surface area contributed by atoms with Crippen molar-refractivity contribution in [2.75, 3.05) is 38.7 Å². The molecule has 9 nitrogen and oxygen atoms in total. The van der Waals surface area contributed by atoms with Gasteiger partial charge in [-0.25, -0.2) is 14.4 Å². The Hall–Kier alpha value is -3.07. The molecule has 30 heavy (non-hydrogen) atoms. The van der Waals surface area contributed by atoms with Gasteiger partial charge in [0.2, 0.25) is 0 Å². The lowest BCUT2D eigenvalue weighted by molar-refractivity contribution is -0.140. The number of allylic oxidation sites excluding steroid dienone is 1. The fourth-order valence-electron chi connectivity index (χ4n) is 3.18. The molecule has 4 amide bonds. The number of carbonyl (C=O) groups is 3. The molecule has 1 aromatic carbocycles. The van der Waals surface area contributed by atoms with Crippen molar-refractivity contribution in [3.63, 3.8) is 0 Å². The standard InChI is InChI=1S/C21H30N4O5/c1-5-11-25-14(3)17(19(26)30-13-12-29-4)18(24-21(25)28)15-7-9-16(10-8-15)23-20(27)22-6-2/h7-10,18H,5-6,11-13H2,1-4H3,(H,24,28)(H2,22,23,27). The first-order valence-corrected chi connectivity index (χ1v) is 10.0. The largest absolute Gasteiger partial charge is 0.460 e. The number of rotatable bonds is 9. The summed E-state index contributed by atoms with van der Waals surface area (Å²) >= 11 is 0. The van der Waals surface area contributed by atoms with Crippen molar-refractivity contribution in [3.05, 3.63) is 41.1 Å². The highest BCUT2D eigenvalue weighted by molar-refractivity contribution is 5.95. The number of hydrogen-bond donors (Lipinski definition) is 3. The third-order valence-corrected chi connectivity index (χ3v) is 4.62. The first kappa shape index (κ1) is 23.2. The van der Waals surface area contributed by atoms with Gasteiger partial charge in [-0.05, 0) is 38.0 Å². The molecule has 1 atom stereocenters. The molecule has 0 bridgehead atoms. The van der Waals surface area contributed by atoms with Gasteiger partial charge in [-0.1, -0.05) is 19.1 Å². The molecule has 9 heteroatoms. The van der Waals surface area contributed by atoms with Crippen LogP contribution in [0.2, 0.25) is 0 Å². The van der Waals surface area contributed by atoms with Crippen molar-refractivity contribution < 1.29 is 23.9 Å². The summed E-state index contributed by atoms with van der Waals surface area (Å²) in [7, 11) is 1.53. The topological polar surface area (TPSA) is 109 Å². The molecule has 0 aromatic heterocycles. The fraction of sp³-hybridized carbons (Fsp3) is 0.476. The number of esters is 1. The van der Waals surface area contributed by atoms with Gasteiger partial charge >= 0.3 is 18.0 Å². The Balaban J connectivity index is 2.31. The van der Waals surface area contributed by atoms with Crippen LogP contribution in [0.5, 0.6) is 0 Å². The van der Waals surface area contributed by atoms with Crippen LogP contribution in [0.1, 0.15) is 38.8 Å². The second kappa shape index (κ2) is 11.2. The lowest BCUT2D eigenvalue weighted by atomic mass is 9.94. The van der Waals surface area contributed by atoms with Crippen LogP contribution < -0.4 is 16.0 Å². The fourth-order valence-corrected chi connectivity index (χ4v) is 3.18. The first-order chi connectivity index (χ1) is 14.4. The van der Waals surface area contributed by atoms with E-state index in [0.29, 0.717) is 35.6 Å². The van der Waals surface area contributed by atoms with Crippen LogP contribution in [-0.2, 0) is 14.3 Å². The highest BCUT2D eigenvalue weighted by Gasteiger charge is 2.36. The Morgan fingerprint density at radius 3 is 2.47 bits per heavy atom. The van der Waals surface area contributed by atoms with Crippen LogP contribution in [0.25, 0.3) is 0 Å². The first-order valence-electron chi connectivity index (χ1n) is 10.0. The zero-order chi connectivity index (χ0) is 22.1. The van der Waals surface area contributed by atoms with E-state index in [4.69, 9.17) is 9.47 Å². The summed E-state index contributed by atoms with van der Waals surface area (Å²) in [4.78, 5) is 38.7. The van der Waals surface area contributed by atoms with Crippen molar-refractivity contribution in [2.45, 2.75) is 33.2 Å². The van der Waals surface area contributed by atoms with Gasteiger partial charge in [0.05, 0.1) is 18.2 Å². The zero-order valence-corrected chi connectivity index (χ0v) is 17.9. The Bertz CT molecular complexity index is 791. The van der Waals surface area contributed by atoms with Crippen LogP contribution >= 0.6 is 0 Å². The molecule has 3 N–H and O–H groups in total. The van der Waals surface area contributed by atoms with Gasteiger partial charge in [-0.15, -0.1) is 0 Å².